The van der Waals surface area contributed by atoms with E-state index in [2.05, 4.69) is 25.8 Å². The lowest BCUT2D eigenvalue weighted by atomic mass is 10.3. The first kappa shape index (κ1) is 18.5. The second kappa shape index (κ2) is 7.16. The molecule has 5 heteroatoms. The Morgan fingerprint density at radius 1 is 1.14 bits per heavy atom. The van der Waals surface area contributed by atoms with E-state index >= 15 is 0 Å². The number of thiocarbonyl (C=S) groups is 1. The molecule has 1 aromatic rings. The second-order valence-corrected chi connectivity index (χ2v) is 11.1. The minimum Gasteiger partial charge on any atom is -0.256 e. The maximum Gasteiger partial charge on any atom is 0.0653 e. The highest BCUT2D eigenvalue weighted by Gasteiger charge is 2.23. The van der Waals surface area contributed by atoms with E-state index in [1.165, 1.54) is 5.37 Å². The molecule has 0 saturated heterocycles. The van der Waals surface area contributed by atoms with Gasteiger partial charge in [0.1, 0.15) is 0 Å². The third-order valence-corrected chi connectivity index (χ3v) is 5.33. The predicted octanol–water partition coefficient (Wildman–Crippen LogP) is 5.19. The van der Waals surface area contributed by atoms with Gasteiger partial charge >= 0.3 is 0 Å². The molecule has 0 fully saturated rings. The highest BCUT2D eigenvalue weighted by atomic mass is 32.2. The first-order chi connectivity index (χ1) is 9.53. The number of nitrogens with zero attached hydrogens (tertiary/aromatic N) is 1. The quantitative estimate of drug-likeness (QED) is 0.429. The maximum absolute atomic E-state index is 12.6. The molecular weight excluding hydrogens is 318 g/mol. The van der Waals surface area contributed by atoms with Crippen LogP contribution in [0, 0.1) is 0 Å². The molecule has 0 radical (unpaired) electrons. The third-order valence-electron chi connectivity index (χ3n) is 2.34. The van der Waals surface area contributed by atoms with Crippen LogP contribution >= 0.6 is 24.0 Å². The van der Waals surface area contributed by atoms with Gasteiger partial charge in [-0.1, -0.05) is 33.0 Å². The monoisotopic (exact) mass is 341 g/mol. The molecule has 1 rings (SSSR count). The van der Waals surface area contributed by atoms with Gasteiger partial charge in [0.25, 0.3) is 0 Å². The number of hydrogen-bond donors (Lipinski definition) is 0. The largest absolute Gasteiger partial charge is 0.256 e. The van der Waals surface area contributed by atoms with Crippen LogP contribution in [-0.4, -0.2) is 25.3 Å². The van der Waals surface area contributed by atoms with E-state index in [1.54, 1.807) is 18.0 Å². The number of benzene rings is 1. The Bertz CT molecular complexity index is 566. The Morgan fingerprint density at radius 3 is 2.24 bits per heavy atom. The lowest BCUT2D eigenvalue weighted by Gasteiger charge is -2.21. The Balaban J connectivity index is 3.30. The summed E-state index contributed by atoms with van der Waals surface area (Å²) >= 11 is 6.52. The van der Waals surface area contributed by atoms with Crippen LogP contribution in [0.1, 0.15) is 41.5 Å². The van der Waals surface area contributed by atoms with Gasteiger partial charge in [-0.3, -0.25) is 9.20 Å². The summed E-state index contributed by atoms with van der Waals surface area (Å²) in [6, 6.07) is 5.89. The van der Waals surface area contributed by atoms with Crippen LogP contribution in [0.5, 0.6) is 0 Å². The minimum absolute atomic E-state index is 0.0903. The molecule has 0 aliphatic carbocycles. The van der Waals surface area contributed by atoms with Crippen LogP contribution in [0.4, 0.5) is 5.69 Å². The number of hydrogen-bond acceptors (Lipinski definition) is 4. The van der Waals surface area contributed by atoms with Crippen molar-refractivity contribution >= 4 is 52.0 Å². The Labute approximate surface area is 140 Å². The standard InChI is InChI=1S/C16H23NOS3/c1-15(2,3)20-13-9-12(17-7-8-19)10-14(11-13)21(18)16(4,5)6/h7-11H,1-6H3. The summed E-state index contributed by atoms with van der Waals surface area (Å²) in [6.45, 7) is 12.4. The highest BCUT2D eigenvalue weighted by Crippen LogP contribution is 2.36. The van der Waals surface area contributed by atoms with Crippen molar-refractivity contribution in [3.05, 3.63) is 18.2 Å². The summed E-state index contributed by atoms with van der Waals surface area (Å²) in [4.78, 5) is 6.20. The van der Waals surface area contributed by atoms with Crippen molar-refractivity contribution in [1.82, 2.24) is 0 Å². The van der Waals surface area contributed by atoms with Gasteiger partial charge in [-0.2, -0.15) is 0 Å². The van der Waals surface area contributed by atoms with E-state index in [0.29, 0.717) is 0 Å². The topological polar surface area (TPSA) is 29.4 Å². The summed E-state index contributed by atoms with van der Waals surface area (Å²) in [7, 11) is -1.08. The van der Waals surface area contributed by atoms with Gasteiger partial charge in [-0.15, -0.1) is 11.8 Å². The zero-order chi connectivity index (χ0) is 16.3. The molecule has 0 bridgehead atoms. The van der Waals surface area contributed by atoms with Crippen LogP contribution in [0.15, 0.2) is 33.0 Å². The first-order valence-electron chi connectivity index (χ1n) is 6.77. The second-order valence-electron chi connectivity index (χ2n) is 6.67. The fraction of sp³-hybridized carbons (Fsp3) is 0.500. The molecule has 0 N–H and O–H groups in total. The molecule has 116 valence electrons. The van der Waals surface area contributed by atoms with E-state index in [9.17, 15) is 4.21 Å². The van der Waals surface area contributed by atoms with Crippen LogP contribution in [-0.2, 0) is 10.8 Å². The van der Waals surface area contributed by atoms with Crippen molar-refractivity contribution in [3.8, 4) is 0 Å². The van der Waals surface area contributed by atoms with E-state index in [1.807, 2.05) is 39.0 Å². The molecule has 1 aromatic carbocycles. The van der Waals surface area contributed by atoms with E-state index in [0.717, 1.165) is 15.5 Å². The third kappa shape index (κ3) is 6.41. The normalized spacial score (nSPS) is 14.4. The van der Waals surface area contributed by atoms with Gasteiger partial charge in [0.15, 0.2) is 0 Å². The smallest absolute Gasteiger partial charge is 0.0653 e. The first-order valence-corrected chi connectivity index (χ1v) is 9.20. The van der Waals surface area contributed by atoms with E-state index < -0.39 is 10.8 Å². The molecule has 1 unspecified atom stereocenters. The summed E-state index contributed by atoms with van der Waals surface area (Å²) in [5, 5.41) is 1.48. The van der Waals surface area contributed by atoms with Crippen LogP contribution < -0.4 is 0 Å². The van der Waals surface area contributed by atoms with Gasteiger partial charge in [0.05, 0.1) is 16.5 Å². The van der Waals surface area contributed by atoms with Crippen LogP contribution in [0.25, 0.3) is 0 Å². The van der Waals surface area contributed by atoms with E-state index in [-0.39, 0.29) is 9.49 Å². The number of rotatable bonds is 4. The maximum atomic E-state index is 12.6. The Hall–Kier alpha value is -0.520. The Morgan fingerprint density at radius 2 is 1.76 bits per heavy atom. The zero-order valence-electron chi connectivity index (χ0n) is 13.5. The van der Waals surface area contributed by atoms with Gasteiger partial charge < -0.3 is 0 Å². The predicted molar refractivity (Wildman–Crippen MR) is 100 cm³/mol. The fourth-order valence-corrected chi connectivity index (χ4v) is 4.00. The molecule has 0 aromatic heterocycles. The molecule has 0 aliphatic heterocycles. The number of aliphatic imine (C=N–C) groups is 1. The average Bonchev–Trinajstić information content (AvgIpc) is 2.31. The molecule has 2 nitrogen and oxygen atoms in total. The molecular formula is C16H23NOS3. The number of thioether (sulfide) groups is 1. The SMILES string of the molecule is CC(C)(C)Sc1cc(N=CC=S)cc(S(=O)C(C)(C)C)c1. The molecule has 0 saturated carbocycles. The minimum atomic E-state index is -1.08. The lowest BCUT2D eigenvalue weighted by Crippen LogP contribution is -2.21. The zero-order valence-corrected chi connectivity index (χ0v) is 15.9. The lowest BCUT2D eigenvalue weighted by molar-refractivity contribution is 0.648. The molecule has 0 heterocycles. The van der Waals surface area contributed by atoms with Crippen LogP contribution in [0.2, 0.25) is 0 Å². The molecule has 0 aliphatic rings. The summed E-state index contributed by atoms with van der Waals surface area (Å²) in [5.74, 6) is 0. The van der Waals surface area contributed by atoms with Crippen molar-refractivity contribution in [2.45, 2.75) is 60.8 Å². The highest BCUT2D eigenvalue weighted by molar-refractivity contribution is 8.00. The fourth-order valence-electron chi connectivity index (χ4n) is 1.62. The van der Waals surface area contributed by atoms with Crippen molar-refractivity contribution in [3.63, 3.8) is 0 Å². The Kier molecular flexibility index (Phi) is 6.32. The van der Waals surface area contributed by atoms with Gasteiger partial charge in [0.2, 0.25) is 0 Å². The van der Waals surface area contributed by atoms with Crippen molar-refractivity contribution in [1.29, 1.82) is 0 Å². The van der Waals surface area contributed by atoms with Crippen molar-refractivity contribution < 1.29 is 4.21 Å². The summed E-state index contributed by atoms with van der Waals surface area (Å²) < 4.78 is 12.4. The summed E-state index contributed by atoms with van der Waals surface area (Å²) in [6.07, 6.45) is 1.58. The summed E-state index contributed by atoms with van der Waals surface area (Å²) in [5.41, 5.74) is 0.790. The van der Waals surface area contributed by atoms with E-state index in [4.69, 9.17) is 12.2 Å². The molecule has 1 atom stereocenters. The molecule has 0 spiro atoms. The van der Waals surface area contributed by atoms with Gasteiger partial charge in [0, 0.05) is 30.9 Å². The van der Waals surface area contributed by atoms with Crippen molar-refractivity contribution in [2.75, 3.05) is 0 Å². The average molecular weight is 342 g/mol. The van der Waals surface area contributed by atoms with Crippen LogP contribution in [0.3, 0.4) is 0 Å². The molecule has 21 heavy (non-hydrogen) atoms. The van der Waals surface area contributed by atoms with Gasteiger partial charge in [-0.05, 0) is 39.0 Å². The van der Waals surface area contributed by atoms with Gasteiger partial charge in [-0.25, -0.2) is 0 Å². The molecule has 0 amide bonds. The van der Waals surface area contributed by atoms with Crippen molar-refractivity contribution in [2.24, 2.45) is 4.99 Å².